The van der Waals surface area contributed by atoms with E-state index in [1.807, 2.05) is 0 Å². The molecule has 31 nitrogen and oxygen atoms in total. The lowest BCUT2D eigenvalue weighted by Crippen LogP contribution is -2.61. The van der Waals surface area contributed by atoms with E-state index in [0.29, 0.717) is 18.5 Å². The number of rotatable bonds is 37. The molecular weight excluding hydrogens is 993 g/mol. The normalized spacial score (nSPS) is 15.4. The molecule has 422 valence electrons. The fourth-order valence-corrected chi connectivity index (χ4v) is 6.90. The first-order valence-corrected chi connectivity index (χ1v) is 24.2. The summed E-state index contributed by atoms with van der Waals surface area (Å²) in [5.41, 5.74) is 28.4. The summed E-state index contributed by atoms with van der Waals surface area (Å²) in [6.45, 7) is 4.76. The Balaban J connectivity index is 3.39. The third-order valence-electron chi connectivity index (χ3n) is 11.5. The van der Waals surface area contributed by atoms with Gasteiger partial charge in [0.15, 0.2) is 5.96 Å². The number of primary amides is 1. The van der Waals surface area contributed by atoms with Crippen molar-refractivity contribution in [2.45, 2.75) is 159 Å². The molecule has 0 aliphatic heterocycles. The van der Waals surface area contributed by atoms with Crippen LogP contribution in [0.5, 0.6) is 0 Å². The second-order valence-electron chi connectivity index (χ2n) is 17.7. The van der Waals surface area contributed by atoms with Crippen molar-refractivity contribution in [2.75, 3.05) is 19.7 Å². The standard InChI is InChI=1S/C44H76N16O15/c1-5-21(2)33(43(74)75)59-41(72)30(19-61)58-35(66)22(3)53-37(68)29(12-14-32(64)65)56-38(69)26(9-6-7-15-45)55-39(70)28(11-13-31(47)63)57-42(73)34(23(4)62)60-40(71)27(10-8-16-51-44(48)49)54-36(67)25(46)17-24-18-50-20-52-24/h18,20-23,25-30,33-34,61-62H,5-17,19,45-46H2,1-4H3,(H2,47,63)(H,50,52)(H,53,68)(H,54,67)(H,55,70)(H,56,69)(H,57,73)(H,58,66)(H,59,72)(H,60,71)(H,64,65)(H,74,75)(H4,48,49,51)/t21-,22-,23+,25-,26-,27-,28-,29-,30-,33-,34-/m0/s1. The molecule has 0 aliphatic rings. The molecule has 0 radical (unpaired) electrons. The number of unbranched alkanes of at least 4 members (excludes halogenated alkanes) is 1. The number of aliphatic imine (C=N–C) groups is 1. The van der Waals surface area contributed by atoms with E-state index in [0.717, 1.165) is 13.8 Å². The van der Waals surface area contributed by atoms with Crippen LogP contribution in [0.4, 0.5) is 0 Å². The van der Waals surface area contributed by atoms with Gasteiger partial charge in [0.05, 0.1) is 25.1 Å². The second-order valence-corrected chi connectivity index (χ2v) is 17.7. The lowest BCUT2D eigenvalue weighted by Gasteiger charge is -2.28. The van der Waals surface area contributed by atoms with Gasteiger partial charge in [-0.15, -0.1) is 0 Å². The van der Waals surface area contributed by atoms with E-state index in [-0.39, 0.29) is 51.2 Å². The highest BCUT2D eigenvalue weighted by molar-refractivity contribution is 5.98. The number of H-pyrrole nitrogens is 1. The van der Waals surface area contributed by atoms with Gasteiger partial charge in [0.1, 0.15) is 48.3 Å². The van der Waals surface area contributed by atoms with Gasteiger partial charge >= 0.3 is 11.9 Å². The molecule has 0 fully saturated rings. The second kappa shape index (κ2) is 34.1. The average Bonchev–Trinajstić information content (AvgIpc) is 3.86. The molecule has 23 N–H and O–H groups in total. The van der Waals surface area contributed by atoms with Gasteiger partial charge in [-0.1, -0.05) is 20.3 Å². The number of carbonyl (C=O) groups is 11. The number of carbonyl (C=O) groups excluding carboxylic acids is 9. The number of nitrogens with two attached hydrogens (primary N) is 5. The van der Waals surface area contributed by atoms with Crippen molar-refractivity contribution in [3.8, 4) is 0 Å². The third kappa shape index (κ3) is 24.8. The summed E-state index contributed by atoms with van der Waals surface area (Å²) in [5.74, 6) is -12.7. The number of carboxylic acid groups (broad SMARTS) is 2. The van der Waals surface area contributed by atoms with Gasteiger partial charge in [0.25, 0.3) is 0 Å². The van der Waals surface area contributed by atoms with Crippen molar-refractivity contribution < 1.29 is 73.2 Å². The van der Waals surface area contributed by atoms with Gasteiger partial charge in [0, 0.05) is 37.7 Å². The predicted octanol–water partition coefficient (Wildman–Crippen LogP) is -7.01. The van der Waals surface area contributed by atoms with E-state index in [2.05, 4.69) is 57.5 Å². The number of nitrogens with one attached hydrogen (secondary N) is 9. The minimum absolute atomic E-state index is 0.00754. The van der Waals surface area contributed by atoms with Crippen LogP contribution in [0, 0.1) is 5.92 Å². The molecule has 0 unspecified atom stereocenters. The summed E-state index contributed by atoms with van der Waals surface area (Å²) in [6, 6.07) is -13.8. The van der Waals surface area contributed by atoms with Gasteiger partial charge in [-0.05, 0) is 71.3 Å². The van der Waals surface area contributed by atoms with E-state index in [1.165, 1.54) is 12.5 Å². The van der Waals surface area contributed by atoms with Crippen molar-refractivity contribution in [3.63, 3.8) is 0 Å². The molecule has 31 heteroatoms. The van der Waals surface area contributed by atoms with Gasteiger partial charge in [-0.2, -0.15) is 0 Å². The SMILES string of the molecule is CC[C@H](C)[C@H](NC(=O)[C@H](CO)NC(=O)[C@H](C)NC(=O)[C@H](CCC(=O)O)NC(=O)[C@H](CCCCN)NC(=O)[C@H](CCC(N)=O)NC(=O)[C@@H](NC(=O)[C@H](CCCN=C(N)N)NC(=O)[C@@H](N)Cc1cnc[nH]1)[C@@H](C)O)C(=O)O. The highest BCUT2D eigenvalue weighted by atomic mass is 16.4. The summed E-state index contributed by atoms with van der Waals surface area (Å²) in [6.07, 6.45) is -0.302. The average molecular weight is 1070 g/mol. The highest BCUT2D eigenvalue weighted by Crippen LogP contribution is 2.11. The molecule has 0 bridgehead atoms. The number of aliphatic hydroxyl groups excluding tert-OH is 2. The van der Waals surface area contributed by atoms with E-state index in [4.69, 9.17) is 28.7 Å². The van der Waals surface area contributed by atoms with E-state index in [9.17, 15) is 73.2 Å². The zero-order valence-corrected chi connectivity index (χ0v) is 42.5. The number of guanidine groups is 1. The maximum absolute atomic E-state index is 14.0. The number of hydrogen-bond donors (Lipinski definition) is 18. The van der Waals surface area contributed by atoms with Crippen molar-refractivity contribution in [2.24, 2.45) is 39.6 Å². The van der Waals surface area contributed by atoms with E-state index in [1.54, 1.807) is 13.8 Å². The largest absolute Gasteiger partial charge is 0.481 e. The summed E-state index contributed by atoms with van der Waals surface area (Å²) in [4.78, 5) is 154. The fraction of sp³-hybridized carbons (Fsp3) is 0.659. The minimum Gasteiger partial charge on any atom is -0.481 e. The highest BCUT2D eigenvalue weighted by Gasteiger charge is 2.36. The molecule has 11 atom stereocenters. The van der Waals surface area contributed by atoms with E-state index >= 15 is 0 Å². The molecule has 9 amide bonds. The van der Waals surface area contributed by atoms with Crippen LogP contribution >= 0.6 is 0 Å². The van der Waals surface area contributed by atoms with Crippen LogP contribution < -0.4 is 71.2 Å². The fourth-order valence-electron chi connectivity index (χ4n) is 6.90. The summed E-state index contributed by atoms with van der Waals surface area (Å²) in [5, 5.41) is 58.3. The summed E-state index contributed by atoms with van der Waals surface area (Å²) in [7, 11) is 0. The first kappa shape index (κ1) is 65.5. The Bertz CT molecular complexity index is 2110. The van der Waals surface area contributed by atoms with Crippen molar-refractivity contribution in [1.82, 2.24) is 52.5 Å². The predicted molar refractivity (Wildman–Crippen MR) is 265 cm³/mol. The molecule has 0 spiro atoms. The number of carboxylic acids is 2. The van der Waals surface area contributed by atoms with Gasteiger partial charge < -0.3 is 96.6 Å². The maximum Gasteiger partial charge on any atom is 0.326 e. The van der Waals surface area contributed by atoms with Gasteiger partial charge in [0.2, 0.25) is 53.2 Å². The van der Waals surface area contributed by atoms with Crippen molar-refractivity contribution in [3.05, 3.63) is 18.2 Å². The molecule has 1 heterocycles. The Kier molecular flexibility index (Phi) is 29.8. The molecule has 0 aromatic carbocycles. The first-order chi connectivity index (χ1) is 35.3. The molecular formula is C44H76N16O15. The van der Waals surface area contributed by atoms with Crippen LogP contribution in [0.3, 0.4) is 0 Å². The molecule has 1 rings (SSSR count). The first-order valence-electron chi connectivity index (χ1n) is 24.2. The minimum atomic E-state index is -1.82. The monoisotopic (exact) mass is 1070 g/mol. The Morgan fingerprint density at radius 2 is 1.13 bits per heavy atom. The van der Waals surface area contributed by atoms with Crippen LogP contribution in [-0.2, 0) is 59.2 Å². The Morgan fingerprint density at radius 1 is 0.640 bits per heavy atom. The lowest BCUT2D eigenvalue weighted by molar-refractivity contribution is -0.144. The topological polar surface area (TPSA) is 536 Å². The van der Waals surface area contributed by atoms with Crippen LogP contribution in [0.25, 0.3) is 0 Å². The smallest absolute Gasteiger partial charge is 0.326 e. The Labute approximate surface area is 432 Å². The molecule has 0 aliphatic carbocycles. The van der Waals surface area contributed by atoms with Gasteiger partial charge in [-0.3, -0.25) is 52.9 Å². The number of aromatic nitrogens is 2. The number of aliphatic hydroxyl groups is 2. The zero-order valence-electron chi connectivity index (χ0n) is 42.5. The lowest BCUT2D eigenvalue weighted by atomic mass is 9.99. The third-order valence-corrected chi connectivity index (χ3v) is 11.5. The van der Waals surface area contributed by atoms with E-state index < -0.39 is 164 Å². The van der Waals surface area contributed by atoms with Crippen LogP contribution in [0.2, 0.25) is 0 Å². The van der Waals surface area contributed by atoms with Crippen LogP contribution in [0.15, 0.2) is 17.5 Å². The molecule has 75 heavy (non-hydrogen) atoms. The molecule has 0 saturated carbocycles. The quantitative estimate of drug-likeness (QED) is 0.0167. The van der Waals surface area contributed by atoms with Crippen molar-refractivity contribution >= 4 is 71.1 Å². The molecule has 0 saturated heterocycles. The molecule has 1 aromatic heterocycles. The zero-order chi connectivity index (χ0) is 56.9. The Hall–Kier alpha value is -7.51. The Morgan fingerprint density at radius 3 is 1.63 bits per heavy atom. The van der Waals surface area contributed by atoms with Crippen LogP contribution in [0.1, 0.15) is 97.6 Å². The number of aliphatic carboxylic acids is 2. The number of hydrogen-bond acceptors (Lipinski definition) is 17. The van der Waals surface area contributed by atoms with Crippen molar-refractivity contribution in [1.29, 1.82) is 0 Å². The number of imidazole rings is 1. The van der Waals surface area contributed by atoms with Gasteiger partial charge in [-0.25, -0.2) is 9.78 Å². The molecule has 1 aromatic rings. The summed E-state index contributed by atoms with van der Waals surface area (Å²) >= 11 is 0. The summed E-state index contributed by atoms with van der Waals surface area (Å²) < 4.78 is 0. The van der Waals surface area contributed by atoms with Crippen LogP contribution in [-0.4, -0.2) is 182 Å². The maximum atomic E-state index is 14.0. The number of nitrogens with zero attached hydrogens (tertiary/aromatic N) is 2. The number of amides is 9. The number of aromatic amines is 1.